The van der Waals surface area contributed by atoms with Gasteiger partial charge in [0.05, 0.1) is 6.54 Å². The molecule has 0 saturated carbocycles. The van der Waals surface area contributed by atoms with E-state index in [0.29, 0.717) is 18.8 Å². The van der Waals surface area contributed by atoms with Gasteiger partial charge in [-0.2, -0.15) is 0 Å². The van der Waals surface area contributed by atoms with Crippen molar-refractivity contribution in [1.29, 1.82) is 0 Å². The smallest absolute Gasteiger partial charge is 0.153 e. The molecule has 6 nitrogen and oxygen atoms in total. The van der Waals surface area contributed by atoms with E-state index in [1.54, 1.807) is 0 Å². The number of carbonyl (C=O) groups excluding carboxylic acids is 1. The van der Waals surface area contributed by atoms with Crippen molar-refractivity contribution in [2.24, 2.45) is 0 Å². The van der Waals surface area contributed by atoms with Gasteiger partial charge in [-0.05, 0) is 12.1 Å². The minimum atomic E-state index is 0.257. The van der Waals surface area contributed by atoms with E-state index in [1.165, 1.54) is 6.33 Å². The van der Waals surface area contributed by atoms with Gasteiger partial charge >= 0.3 is 0 Å². The molecule has 3 rings (SSSR count). The predicted octanol–water partition coefficient (Wildman–Crippen LogP) is 1.33. The molecule has 0 atom stereocenters. The first-order chi connectivity index (χ1) is 8.81. The summed E-state index contributed by atoms with van der Waals surface area (Å²) in [5.41, 5.74) is 0. The molecule has 0 spiro atoms. The van der Waals surface area contributed by atoms with Crippen molar-refractivity contribution in [2.45, 2.75) is 6.42 Å². The number of aromatic amines is 1. The Bertz CT molecular complexity index is 551. The zero-order valence-corrected chi connectivity index (χ0v) is 9.76. The highest BCUT2D eigenvalue weighted by atomic mass is 16.1. The summed E-state index contributed by atoms with van der Waals surface area (Å²) in [6, 6.07) is 5.67. The molecule has 0 unspecified atom stereocenters. The number of carbonyl (C=O) groups is 1. The molecule has 1 saturated heterocycles. The molecule has 0 bridgehead atoms. The van der Waals surface area contributed by atoms with Crippen LogP contribution in [0.5, 0.6) is 0 Å². The molecule has 18 heavy (non-hydrogen) atoms. The fourth-order valence-electron chi connectivity index (χ4n) is 1.96. The number of aromatic nitrogens is 3. The second kappa shape index (κ2) is 4.48. The number of nitrogens with one attached hydrogen (secondary N) is 2. The molecule has 2 aromatic heterocycles. The van der Waals surface area contributed by atoms with Crippen molar-refractivity contribution in [3.05, 3.63) is 30.7 Å². The molecule has 1 aliphatic rings. The quantitative estimate of drug-likeness (QED) is 0.850. The number of ketones is 1. The number of Topliss-reactive ketones (excluding diaryl/α,β-unsaturated/α-hetero) is 1. The summed E-state index contributed by atoms with van der Waals surface area (Å²) in [4.78, 5) is 24.6. The molecular weight excluding hydrogens is 230 g/mol. The Balaban J connectivity index is 1.78. The number of hydrogen-bond acceptors (Lipinski definition) is 5. The number of hydrogen-bond donors (Lipinski definition) is 2. The van der Waals surface area contributed by atoms with E-state index < -0.39 is 0 Å². The topological polar surface area (TPSA) is 73.9 Å². The summed E-state index contributed by atoms with van der Waals surface area (Å²) in [6.45, 7) is 1.18. The summed E-state index contributed by atoms with van der Waals surface area (Å²) >= 11 is 0. The average molecular weight is 243 g/mol. The molecule has 0 aliphatic carbocycles. The Labute approximate surface area is 104 Å². The summed E-state index contributed by atoms with van der Waals surface area (Å²) in [5, 5.41) is 3.14. The molecule has 1 aliphatic heterocycles. The fraction of sp³-hybridized carbons (Fsp3) is 0.250. The number of H-pyrrole nitrogens is 1. The van der Waals surface area contributed by atoms with Crippen LogP contribution in [-0.4, -0.2) is 33.8 Å². The van der Waals surface area contributed by atoms with Crippen LogP contribution in [0.4, 0.5) is 17.5 Å². The van der Waals surface area contributed by atoms with Crippen molar-refractivity contribution in [3.63, 3.8) is 0 Å². The number of anilines is 3. The first-order valence-electron chi connectivity index (χ1n) is 5.80. The molecule has 1 fully saturated rings. The van der Waals surface area contributed by atoms with Gasteiger partial charge in [0, 0.05) is 25.2 Å². The molecule has 92 valence electrons. The third-order valence-electron chi connectivity index (χ3n) is 2.87. The van der Waals surface area contributed by atoms with E-state index in [9.17, 15) is 4.79 Å². The van der Waals surface area contributed by atoms with Crippen LogP contribution in [0, 0.1) is 0 Å². The molecular formula is C12H13N5O. The maximum atomic E-state index is 11.3. The van der Waals surface area contributed by atoms with Crippen LogP contribution in [0.25, 0.3) is 0 Å². The van der Waals surface area contributed by atoms with Gasteiger partial charge in [-0.1, -0.05) is 0 Å². The van der Waals surface area contributed by atoms with Crippen molar-refractivity contribution in [3.8, 4) is 0 Å². The van der Waals surface area contributed by atoms with Crippen molar-refractivity contribution < 1.29 is 4.79 Å². The Morgan fingerprint density at radius 1 is 1.39 bits per heavy atom. The van der Waals surface area contributed by atoms with Gasteiger partial charge in [-0.3, -0.25) is 4.79 Å². The Kier molecular flexibility index (Phi) is 2.68. The number of nitrogens with zero attached hydrogens (tertiary/aromatic N) is 3. The van der Waals surface area contributed by atoms with Crippen molar-refractivity contribution in [1.82, 2.24) is 15.0 Å². The molecule has 3 heterocycles. The molecule has 0 amide bonds. The number of rotatable bonds is 3. The second-order valence-corrected chi connectivity index (χ2v) is 4.18. The van der Waals surface area contributed by atoms with Crippen LogP contribution < -0.4 is 10.2 Å². The molecule has 0 aromatic carbocycles. The fourth-order valence-corrected chi connectivity index (χ4v) is 1.96. The van der Waals surface area contributed by atoms with Crippen LogP contribution in [0.2, 0.25) is 0 Å². The minimum Gasteiger partial charge on any atom is -0.349 e. The normalized spacial score (nSPS) is 15.1. The van der Waals surface area contributed by atoms with E-state index in [2.05, 4.69) is 20.3 Å². The van der Waals surface area contributed by atoms with Gasteiger partial charge in [0.25, 0.3) is 0 Å². The van der Waals surface area contributed by atoms with Gasteiger partial charge in [0.1, 0.15) is 23.8 Å². The van der Waals surface area contributed by atoms with E-state index in [0.717, 1.165) is 18.2 Å². The van der Waals surface area contributed by atoms with Gasteiger partial charge in [-0.25, -0.2) is 9.97 Å². The second-order valence-electron chi connectivity index (χ2n) is 4.18. The molecule has 2 aromatic rings. The monoisotopic (exact) mass is 243 g/mol. The summed E-state index contributed by atoms with van der Waals surface area (Å²) < 4.78 is 0. The first kappa shape index (κ1) is 10.8. The van der Waals surface area contributed by atoms with Crippen LogP contribution >= 0.6 is 0 Å². The maximum Gasteiger partial charge on any atom is 0.153 e. The van der Waals surface area contributed by atoms with Crippen LogP contribution in [0.15, 0.2) is 30.7 Å². The average Bonchev–Trinajstić information content (AvgIpc) is 3.01. The third kappa shape index (κ3) is 2.17. The predicted molar refractivity (Wildman–Crippen MR) is 67.9 cm³/mol. The zero-order chi connectivity index (χ0) is 12.4. The summed E-state index contributed by atoms with van der Waals surface area (Å²) in [5.74, 6) is 2.62. The third-order valence-corrected chi connectivity index (χ3v) is 2.87. The zero-order valence-electron chi connectivity index (χ0n) is 9.76. The van der Waals surface area contributed by atoms with E-state index >= 15 is 0 Å². The molecule has 0 radical (unpaired) electrons. The van der Waals surface area contributed by atoms with E-state index in [4.69, 9.17) is 0 Å². The maximum absolute atomic E-state index is 11.3. The van der Waals surface area contributed by atoms with Gasteiger partial charge in [0.15, 0.2) is 5.78 Å². The highest BCUT2D eigenvalue weighted by molar-refractivity contribution is 5.86. The van der Waals surface area contributed by atoms with E-state index in [-0.39, 0.29) is 5.78 Å². The minimum absolute atomic E-state index is 0.257. The van der Waals surface area contributed by atoms with Gasteiger partial charge in [0.2, 0.25) is 0 Å². The lowest BCUT2D eigenvalue weighted by molar-refractivity contribution is -0.116. The van der Waals surface area contributed by atoms with Crippen molar-refractivity contribution >= 4 is 23.2 Å². The lowest BCUT2D eigenvalue weighted by atomic mass is 10.4. The highest BCUT2D eigenvalue weighted by Gasteiger charge is 2.20. The van der Waals surface area contributed by atoms with Crippen LogP contribution in [0.3, 0.4) is 0 Å². The molecule has 6 heteroatoms. The summed E-state index contributed by atoms with van der Waals surface area (Å²) in [6.07, 6.45) is 3.94. The van der Waals surface area contributed by atoms with Crippen molar-refractivity contribution in [2.75, 3.05) is 23.3 Å². The lowest BCUT2D eigenvalue weighted by Gasteiger charge is -2.15. The first-order valence-corrected chi connectivity index (χ1v) is 5.80. The highest BCUT2D eigenvalue weighted by Crippen LogP contribution is 2.19. The standard InChI is InChI=1S/C12H13N5O/c18-9-3-5-17(7-9)12-6-11(14-8-15-12)16-10-2-1-4-13-10/h1-2,4,6,8,13H,3,5,7H2,(H,14,15,16). The molecule has 2 N–H and O–H groups in total. The van der Waals surface area contributed by atoms with Crippen LogP contribution in [0.1, 0.15) is 6.42 Å². The Morgan fingerprint density at radius 2 is 2.33 bits per heavy atom. The Hall–Kier alpha value is -2.37. The Morgan fingerprint density at radius 3 is 3.06 bits per heavy atom. The van der Waals surface area contributed by atoms with Crippen LogP contribution in [-0.2, 0) is 4.79 Å². The van der Waals surface area contributed by atoms with E-state index in [1.807, 2.05) is 29.3 Å². The summed E-state index contributed by atoms with van der Waals surface area (Å²) in [7, 11) is 0. The lowest BCUT2D eigenvalue weighted by Crippen LogP contribution is -2.20. The SMILES string of the molecule is O=C1CCN(c2cc(Nc3ccc[nH]3)ncn2)C1. The van der Waals surface area contributed by atoms with Gasteiger partial charge in [-0.15, -0.1) is 0 Å². The van der Waals surface area contributed by atoms with Gasteiger partial charge < -0.3 is 15.2 Å². The largest absolute Gasteiger partial charge is 0.349 e.